The van der Waals surface area contributed by atoms with E-state index in [1.54, 1.807) is 0 Å². The number of hydrogen-bond donors (Lipinski definition) is 1. The molecule has 1 aliphatic carbocycles. The van der Waals surface area contributed by atoms with Gasteiger partial charge >= 0.3 is 0 Å². The smallest absolute Gasteiger partial charge is 0.00313 e. The van der Waals surface area contributed by atoms with Crippen LogP contribution < -0.4 is 5.73 Å². The normalized spacial score (nSPS) is 29.5. The van der Waals surface area contributed by atoms with Crippen LogP contribution in [0.1, 0.15) is 44.2 Å². The Kier molecular flexibility index (Phi) is 2.59. The van der Waals surface area contributed by atoms with Crippen molar-refractivity contribution >= 4 is 0 Å². The summed E-state index contributed by atoms with van der Waals surface area (Å²) in [6, 6.07) is 9.09. The highest BCUT2D eigenvalue weighted by Gasteiger charge is 2.49. The molecule has 2 rings (SSSR count). The number of hydrogen-bond acceptors (Lipinski definition) is 1. The van der Waals surface area contributed by atoms with E-state index in [4.69, 9.17) is 5.73 Å². The average molecular weight is 203 g/mol. The van der Waals surface area contributed by atoms with E-state index in [1.165, 1.54) is 17.5 Å². The molecule has 1 aromatic carbocycles. The van der Waals surface area contributed by atoms with Gasteiger partial charge in [-0.15, -0.1) is 0 Å². The third-order valence-corrected chi connectivity index (χ3v) is 3.93. The van der Waals surface area contributed by atoms with Crippen molar-refractivity contribution in [3.8, 4) is 0 Å². The van der Waals surface area contributed by atoms with Gasteiger partial charge in [0.15, 0.2) is 0 Å². The molecule has 1 aliphatic rings. The summed E-state index contributed by atoms with van der Waals surface area (Å²) in [5, 5.41) is 0. The lowest BCUT2D eigenvalue weighted by molar-refractivity contribution is 0.665. The summed E-state index contributed by atoms with van der Waals surface area (Å²) < 4.78 is 0. The highest BCUT2D eigenvalue weighted by molar-refractivity contribution is 5.35. The average Bonchev–Trinajstić information content (AvgIpc) is 2.91. The van der Waals surface area contributed by atoms with E-state index < -0.39 is 0 Å². The van der Waals surface area contributed by atoms with E-state index in [9.17, 15) is 0 Å². The Labute approximate surface area is 92.7 Å². The van der Waals surface area contributed by atoms with Gasteiger partial charge < -0.3 is 5.73 Å². The molecule has 1 aromatic rings. The van der Waals surface area contributed by atoms with Gasteiger partial charge in [-0.2, -0.15) is 0 Å². The molecular formula is C14H21N. The zero-order valence-corrected chi connectivity index (χ0v) is 9.96. The fourth-order valence-electron chi connectivity index (χ4n) is 2.40. The van der Waals surface area contributed by atoms with Crippen molar-refractivity contribution < 1.29 is 0 Å². The number of benzene rings is 1. The van der Waals surface area contributed by atoms with Crippen molar-refractivity contribution in [2.45, 2.75) is 38.5 Å². The van der Waals surface area contributed by atoms with Gasteiger partial charge in [0, 0.05) is 0 Å². The summed E-state index contributed by atoms with van der Waals surface area (Å²) in [5.74, 6) is 1.32. The second-order valence-electron chi connectivity index (χ2n) is 5.33. The van der Waals surface area contributed by atoms with Gasteiger partial charge in [0.05, 0.1) is 0 Å². The third kappa shape index (κ3) is 1.81. The molecule has 0 amide bonds. The van der Waals surface area contributed by atoms with E-state index in [2.05, 4.69) is 45.0 Å². The van der Waals surface area contributed by atoms with Crippen LogP contribution in [0.4, 0.5) is 0 Å². The maximum atomic E-state index is 5.72. The topological polar surface area (TPSA) is 26.0 Å². The fraction of sp³-hybridized carbons (Fsp3) is 0.571. The summed E-state index contributed by atoms with van der Waals surface area (Å²) >= 11 is 0. The van der Waals surface area contributed by atoms with Crippen molar-refractivity contribution in [1.82, 2.24) is 0 Å². The number of nitrogens with two attached hydrogens (primary N) is 1. The summed E-state index contributed by atoms with van der Waals surface area (Å²) in [7, 11) is 0. The molecule has 0 aromatic heterocycles. The van der Waals surface area contributed by atoms with E-state index in [-0.39, 0.29) is 0 Å². The molecule has 15 heavy (non-hydrogen) atoms. The van der Waals surface area contributed by atoms with Crippen LogP contribution in [-0.2, 0) is 5.41 Å². The van der Waals surface area contributed by atoms with Gasteiger partial charge in [-0.3, -0.25) is 0 Å². The van der Waals surface area contributed by atoms with Crippen molar-refractivity contribution in [3.05, 3.63) is 35.4 Å². The van der Waals surface area contributed by atoms with Gasteiger partial charge in [-0.05, 0) is 41.3 Å². The van der Waals surface area contributed by atoms with E-state index in [0.29, 0.717) is 17.3 Å². The summed E-state index contributed by atoms with van der Waals surface area (Å²) in [6.45, 7) is 7.62. The Morgan fingerprint density at radius 1 is 1.33 bits per heavy atom. The first kappa shape index (κ1) is 10.7. The van der Waals surface area contributed by atoms with Gasteiger partial charge in [0.1, 0.15) is 0 Å². The lowest BCUT2D eigenvalue weighted by Gasteiger charge is -2.13. The molecule has 2 atom stereocenters. The highest BCUT2D eigenvalue weighted by Crippen LogP contribution is 2.53. The molecule has 1 nitrogen and oxygen atoms in total. The Morgan fingerprint density at radius 2 is 1.93 bits per heavy atom. The minimum absolute atomic E-state index is 0.365. The molecule has 2 unspecified atom stereocenters. The Hall–Kier alpha value is -0.820. The highest BCUT2D eigenvalue weighted by atomic mass is 14.7. The van der Waals surface area contributed by atoms with Gasteiger partial charge in [-0.25, -0.2) is 0 Å². The van der Waals surface area contributed by atoms with Gasteiger partial charge in [0.25, 0.3) is 0 Å². The van der Waals surface area contributed by atoms with Crippen LogP contribution in [0.25, 0.3) is 0 Å². The maximum Gasteiger partial charge on any atom is -0.00313 e. The molecule has 2 N–H and O–H groups in total. The molecule has 0 radical (unpaired) electrons. The molecule has 82 valence electrons. The predicted octanol–water partition coefficient (Wildman–Crippen LogP) is 3.05. The predicted molar refractivity (Wildman–Crippen MR) is 65.0 cm³/mol. The first-order valence-electron chi connectivity index (χ1n) is 5.88. The van der Waals surface area contributed by atoms with E-state index in [0.717, 1.165) is 6.54 Å². The minimum Gasteiger partial charge on any atom is -0.330 e. The maximum absolute atomic E-state index is 5.72. The summed E-state index contributed by atoms with van der Waals surface area (Å²) in [5.41, 5.74) is 8.97. The Morgan fingerprint density at radius 3 is 2.33 bits per heavy atom. The first-order chi connectivity index (χ1) is 7.08. The standard InChI is InChI=1S/C14H21N/c1-10(2)11-4-6-12(7-5-11)14(3)8-13(14)9-15/h4-7,10,13H,8-9,15H2,1-3H3. The van der Waals surface area contributed by atoms with E-state index >= 15 is 0 Å². The summed E-state index contributed by atoms with van der Waals surface area (Å²) in [4.78, 5) is 0. The van der Waals surface area contributed by atoms with Crippen LogP contribution in [0.5, 0.6) is 0 Å². The number of rotatable bonds is 3. The molecule has 1 saturated carbocycles. The van der Waals surface area contributed by atoms with Gasteiger partial charge in [0.2, 0.25) is 0 Å². The van der Waals surface area contributed by atoms with Crippen LogP contribution in [0.3, 0.4) is 0 Å². The lowest BCUT2D eigenvalue weighted by Crippen LogP contribution is -2.11. The first-order valence-corrected chi connectivity index (χ1v) is 5.88. The lowest BCUT2D eigenvalue weighted by atomic mass is 9.92. The van der Waals surface area contributed by atoms with Crippen LogP contribution in [0.2, 0.25) is 0 Å². The van der Waals surface area contributed by atoms with Crippen molar-refractivity contribution in [2.75, 3.05) is 6.54 Å². The zero-order chi connectivity index (χ0) is 11.1. The van der Waals surface area contributed by atoms with Crippen LogP contribution >= 0.6 is 0 Å². The molecule has 0 aliphatic heterocycles. The van der Waals surface area contributed by atoms with Crippen molar-refractivity contribution in [3.63, 3.8) is 0 Å². The fourth-order valence-corrected chi connectivity index (χ4v) is 2.40. The van der Waals surface area contributed by atoms with Gasteiger partial charge in [-0.1, -0.05) is 45.0 Å². The largest absolute Gasteiger partial charge is 0.330 e. The summed E-state index contributed by atoms with van der Waals surface area (Å²) in [6.07, 6.45) is 1.25. The molecule has 0 bridgehead atoms. The zero-order valence-electron chi connectivity index (χ0n) is 9.96. The Bertz CT molecular complexity index is 339. The molecule has 0 spiro atoms. The molecule has 1 heteroatoms. The quantitative estimate of drug-likeness (QED) is 0.803. The van der Waals surface area contributed by atoms with Crippen LogP contribution in [0.15, 0.2) is 24.3 Å². The second-order valence-corrected chi connectivity index (χ2v) is 5.33. The minimum atomic E-state index is 0.365. The second kappa shape index (κ2) is 3.64. The van der Waals surface area contributed by atoms with Crippen molar-refractivity contribution in [1.29, 1.82) is 0 Å². The van der Waals surface area contributed by atoms with E-state index in [1.807, 2.05) is 0 Å². The molecular weight excluding hydrogens is 182 g/mol. The molecule has 1 fully saturated rings. The molecule has 0 saturated heterocycles. The SMILES string of the molecule is CC(C)c1ccc(C2(C)CC2CN)cc1. The van der Waals surface area contributed by atoms with Crippen LogP contribution in [0, 0.1) is 5.92 Å². The van der Waals surface area contributed by atoms with Crippen LogP contribution in [-0.4, -0.2) is 6.54 Å². The monoisotopic (exact) mass is 203 g/mol. The Balaban J connectivity index is 2.18. The molecule has 0 heterocycles. The third-order valence-electron chi connectivity index (χ3n) is 3.93. The van der Waals surface area contributed by atoms with Crippen molar-refractivity contribution in [2.24, 2.45) is 11.7 Å².